The maximum Gasteiger partial charge on any atom is 0.251 e. The minimum atomic E-state index is -0.281. The molecule has 1 aliphatic heterocycles. The predicted molar refractivity (Wildman–Crippen MR) is 123 cm³/mol. The van der Waals surface area contributed by atoms with Crippen molar-refractivity contribution >= 4 is 18.1 Å². The number of likely N-dealkylation sites (tertiary alicyclic amines) is 1. The SMILES string of the molecule is O=C(NC1CCN(Cn2nc(-c3ccccc3F)n(C3CC3)c2=S)CC1)c1ccccc1. The molecule has 2 heterocycles. The summed E-state index contributed by atoms with van der Waals surface area (Å²) in [6.45, 7) is 2.25. The molecule has 0 bridgehead atoms. The first-order valence-electron chi connectivity index (χ1n) is 11.1. The van der Waals surface area contributed by atoms with Crippen molar-refractivity contribution in [2.75, 3.05) is 13.1 Å². The van der Waals surface area contributed by atoms with Crippen molar-refractivity contribution in [2.24, 2.45) is 0 Å². The number of hydrogen-bond donors (Lipinski definition) is 1. The van der Waals surface area contributed by atoms with Gasteiger partial charge in [0.05, 0.1) is 12.2 Å². The summed E-state index contributed by atoms with van der Waals surface area (Å²) in [6.07, 6.45) is 3.84. The summed E-state index contributed by atoms with van der Waals surface area (Å²) in [7, 11) is 0. The van der Waals surface area contributed by atoms with Gasteiger partial charge in [0.2, 0.25) is 0 Å². The summed E-state index contributed by atoms with van der Waals surface area (Å²) < 4.78 is 18.9. The van der Waals surface area contributed by atoms with Gasteiger partial charge in [-0.2, -0.15) is 5.10 Å². The summed E-state index contributed by atoms with van der Waals surface area (Å²) in [5.41, 5.74) is 1.18. The zero-order valence-electron chi connectivity index (χ0n) is 17.8. The predicted octanol–water partition coefficient (Wildman–Crippen LogP) is 4.41. The molecule has 1 N–H and O–H groups in total. The van der Waals surface area contributed by atoms with Crippen LogP contribution in [0.2, 0.25) is 0 Å². The van der Waals surface area contributed by atoms with E-state index in [9.17, 15) is 9.18 Å². The summed E-state index contributed by atoms with van der Waals surface area (Å²) in [4.78, 5) is 14.7. The van der Waals surface area contributed by atoms with Crippen molar-refractivity contribution in [1.82, 2.24) is 24.6 Å². The molecule has 0 atom stereocenters. The number of piperidine rings is 1. The van der Waals surface area contributed by atoms with Crippen molar-refractivity contribution in [3.63, 3.8) is 0 Å². The Hall–Kier alpha value is -2.84. The number of aromatic nitrogens is 3. The van der Waals surface area contributed by atoms with Crippen LogP contribution < -0.4 is 5.32 Å². The highest BCUT2D eigenvalue weighted by atomic mass is 32.1. The van der Waals surface area contributed by atoms with Gasteiger partial charge in [-0.25, -0.2) is 9.07 Å². The summed E-state index contributed by atoms with van der Waals surface area (Å²) >= 11 is 5.73. The topological polar surface area (TPSA) is 55.1 Å². The Morgan fingerprint density at radius 3 is 2.41 bits per heavy atom. The molecule has 2 aliphatic rings. The molecular weight excluding hydrogens is 425 g/mol. The number of nitrogens with zero attached hydrogens (tertiary/aromatic N) is 4. The number of rotatable bonds is 6. The first-order valence-corrected chi connectivity index (χ1v) is 11.5. The van der Waals surface area contributed by atoms with Crippen LogP contribution in [0.5, 0.6) is 0 Å². The number of carbonyl (C=O) groups excluding carboxylic acids is 1. The van der Waals surface area contributed by atoms with Gasteiger partial charge in [0.1, 0.15) is 5.82 Å². The van der Waals surface area contributed by atoms with Crippen LogP contribution in [0.25, 0.3) is 11.4 Å². The molecule has 8 heteroatoms. The van der Waals surface area contributed by atoms with Crippen LogP contribution in [-0.2, 0) is 6.67 Å². The van der Waals surface area contributed by atoms with Crippen LogP contribution in [0.3, 0.4) is 0 Å². The smallest absolute Gasteiger partial charge is 0.251 e. The fraction of sp³-hybridized carbons (Fsp3) is 0.375. The first kappa shape index (κ1) is 21.0. The van der Waals surface area contributed by atoms with E-state index in [1.807, 2.05) is 45.6 Å². The highest BCUT2D eigenvalue weighted by Crippen LogP contribution is 2.39. The van der Waals surface area contributed by atoms with E-state index in [2.05, 4.69) is 10.2 Å². The number of carbonyl (C=O) groups is 1. The Balaban J connectivity index is 1.26. The van der Waals surface area contributed by atoms with Crippen LogP contribution in [0, 0.1) is 10.6 Å². The van der Waals surface area contributed by atoms with Crippen LogP contribution in [-0.4, -0.2) is 44.3 Å². The molecule has 1 aromatic heterocycles. The van der Waals surface area contributed by atoms with E-state index in [0.717, 1.165) is 38.8 Å². The molecule has 2 aromatic carbocycles. The van der Waals surface area contributed by atoms with Gasteiger partial charge in [0, 0.05) is 30.7 Å². The standard InChI is InChI=1S/C24H26FN5OS/c25-21-9-5-4-8-20(21)22-27-29(24(32)30(22)19-10-11-19)16-28-14-12-18(13-15-28)26-23(31)17-6-2-1-3-7-17/h1-9,18-19H,10-16H2,(H,26,31). The fourth-order valence-corrected chi connectivity index (χ4v) is 4.60. The Bertz CT molecular complexity index is 1160. The number of benzene rings is 2. The number of nitrogens with one attached hydrogen (secondary N) is 1. The first-order chi connectivity index (χ1) is 15.6. The second-order valence-electron chi connectivity index (χ2n) is 8.56. The molecule has 166 valence electrons. The molecule has 32 heavy (non-hydrogen) atoms. The van der Waals surface area contributed by atoms with Crippen molar-refractivity contribution in [2.45, 2.75) is 44.4 Å². The Morgan fingerprint density at radius 1 is 1.03 bits per heavy atom. The Labute approximate surface area is 191 Å². The minimum Gasteiger partial charge on any atom is -0.349 e. The molecule has 0 radical (unpaired) electrons. The number of halogens is 1. The lowest BCUT2D eigenvalue weighted by atomic mass is 10.0. The van der Waals surface area contributed by atoms with E-state index in [1.165, 1.54) is 6.07 Å². The van der Waals surface area contributed by atoms with Crippen LogP contribution in [0.15, 0.2) is 54.6 Å². The second-order valence-corrected chi connectivity index (χ2v) is 8.93. The van der Waals surface area contributed by atoms with Crippen molar-refractivity contribution in [3.8, 4) is 11.4 Å². The molecule has 5 rings (SSSR count). The van der Waals surface area contributed by atoms with Gasteiger partial charge in [-0.3, -0.25) is 14.3 Å². The molecule has 0 spiro atoms. The van der Waals surface area contributed by atoms with E-state index in [1.54, 1.807) is 12.1 Å². The van der Waals surface area contributed by atoms with E-state index in [-0.39, 0.29) is 17.8 Å². The van der Waals surface area contributed by atoms with Crippen LogP contribution in [0.4, 0.5) is 4.39 Å². The fourth-order valence-electron chi connectivity index (χ4n) is 4.27. The highest BCUT2D eigenvalue weighted by Gasteiger charge is 2.30. The van der Waals surface area contributed by atoms with Gasteiger partial charge in [-0.15, -0.1) is 0 Å². The third-order valence-corrected chi connectivity index (χ3v) is 6.60. The van der Waals surface area contributed by atoms with Crippen LogP contribution >= 0.6 is 12.2 Å². The molecule has 6 nitrogen and oxygen atoms in total. The van der Waals surface area contributed by atoms with Crippen LogP contribution in [0.1, 0.15) is 42.1 Å². The molecule has 1 amide bonds. The second kappa shape index (κ2) is 8.96. The normalized spacial score (nSPS) is 17.4. The summed E-state index contributed by atoms with van der Waals surface area (Å²) in [6, 6.07) is 16.5. The van der Waals surface area contributed by atoms with Gasteiger partial charge in [0.15, 0.2) is 10.6 Å². The maximum absolute atomic E-state index is 14.5. The molecule has 1 aliphatic carbocycles. The average molecular weight is 452 g/mol. The Kier molecular flexibility index (Phi) is 5.89. The summed E-state index contributed by atoms with van der Waals surface area (Å²) in [5.74, 6) is 0.307. The van der Waals surface area contributed by atoms with Gasteiger partial charge < -0.3 is 5.32 Å². The summed E-state index contributed by atoms with van der Waals surface area (Å²) in [5, 5.41) is 7.87. The third kappa shape index (κ3) is 4.38. The zero-order valence-corrected chi connectivity index (χ0v) is 18.6. The lowest BCUT2D eigenvalue weighted by Crippen LogP contribution is -2.45. The third-order valence-electron chi connectivity index (χ3n) is 6.19. The van der Waals surface area contributed by atoms with Crippen molar-refractivity contribution < 1.29 is 9.18 Å². The van der Waals surface area contributed by atoms with Crippen molar-refractivity contribution in [1.29, 1.82) is 0 Å². The molecular formula is C24H26FN5OS. The van der Waals surface area contributed by atoms with Gasteiger partial charge in [-0.1, -0.05) is 30.3 Å². The highest BCUT2D eigenvalue weighted by molar-refractivity contribution is 7.71. The average Bonchev–Trinajstić information content (AvgIpc) is 3.60. The maximum atomic E-state index is 14.5. The van der Waals surface area contributed by atoms with Crippen molar-refractivity contribution in [3.05, 3.63) is 70.7 Å². The van der Waals surface area contributed by atoms with Gasteiger partial charge >= 0.3 is 0 Å². The molecule has 2 fully saturated rings. The minimum absolute atomic E-state index is 0.0241. The van der Waals surface area contributed by atoms with E-state index in [4.69, 9.17) is 17.3 Å². The van der Waals surface area contributed by atoms with E-state index in [0.29, 0.717) is 34.4 Å². The molecule has 1 saturated carbocycles. The quantitative estimate of drug-likeness (QED) is 0.564. The monoisotopic (exact) mass is 451 g/mol. The lowest BCUT2D eigenvalue weighted by molar-refractivity contribution is 0.0896. The van der Waals surface area contributed by atoms with Gasteiger partial charge in [-0.05, 0) is 62.2 Å². The molecule has 0 unspecified atom stereocenters. The number of amides is 1. The van der Waals surface area contributed by atoms with E-state index < -0.39 is 0 Å². The zero-order chi connectivity index (χ0) is 22.1. The van der Waals surface area contributed by atoms with Gasteiger partial charge in [0.25, 0.3) is 5.91 Å². The Morgan fingerprint density at radius 2 is 1.72 bits per heavy atom. The van der Waals surface area contributed by atoms with E-state index >= 15 is 0 Å². The number of hydrogen-bond acceptors (Lipinski definition) is 4. The largest absolute Gasteiger partial charge is 0.349 e. The lowest BCUT2D eigenvalue weighted by Gasteiger charge is -2.32. The molecule has 3 aromatic rings. The molecule has 1 saturated heterocycles.